The van der Waals surface area contributed by atoms with Crippen LogP contribution < -0.4 is 5.32 Å². The first-order valence-electron chi connectivity index (χ1n) is 9.07. The van der Waals surface area contributed by atoms with E-state index >= 15 is 0 Å². The number of hydrogen-bond donors (Lipinski definition) is 1. The highest BCUT2D eigenvalue weighted by atomic mass is 32.1. The molecule has 0 spiro atoms. The molecular formula is C22H18N2O4S. The third-order valence-corrected chi connectivity index (χ3v) is 5.33. The summed E-state index contributed by atoms with van der Waals surface area (Å²) in [6.07, 6.45) is -0.0582. The molecule has 0 aliphatic rings. The van der Waals surface area contributed by atoms with Gasteiger partial charge in [0.15, 0.2) is 12.2 Å². The van der Waals surface area contributed by atoms with Crippen LogP contribution in [0, 0.1) is 0 Å². The number of amides is 1. The normalized spacial score (nSPS) is 11.9. The maximum atomic E-state index is 12.4. The Morgan fingerprint density at radius 1 is 1.03 bits per heavy atom. The molecule has 0 aliphatic heterocycles. The zero-order valence-corrected chi connectivity index (χ0v) is 16.2. The van der Waals surface area contributed by atoms with E-state index in [4.69, 9.17) is 9.26 Å². The average Bonchev–Trinajstić information content (AvgIpc) is 3.42. The molecule has 2 aromatic carbocycles. The maximum absolute atomic E-state index is 12.4. The highest BCUT2D eigenvalue weighted by molar-refractivity contribution is 7.10. The number of benzene rings is 2. The molecule has 0 aliphatic carbocycles. The van der Waals surface area contributed by atoms with Gasteiger partial charge in [0, 0.05) is 10.3 Å². The van der Waals surface area contributed by atoms with Gasteiger partial charge in [0.25, 0.3) is 5.91 Å². The molecule has 29 heavy (non-hydrogen) atoms. The third-order valence-electron chi connectivity index (χ3n) is 4.39. The number of carbonyl (C=O) groups excluding carboxylic acids is 2. The molecule has 2 heterocycles. The Labute approximate surface area is 171 Å². The van der Waals surface area contributed by atoms with E-state index in [0.29, 0.717) is 11.3 Å². The number of carbonyl (C=O) groups is 2. The number of para-hydroxylation sites is 1. The number of thiophene rings is 1. The predicted octanol–water partition coefficient (Wildman–Crippen LogP) is 3.88. The molecule has 0 unspecified atom stereocenters. The van der Waals surface area contributed by atoms with Gasteiger partial charge in [-0.25, -0.2) is 0 Å². The van der Waals surface area contributed by atoms with Crippen LogP contribution in [0.3, 0.4) is 0 Å². The number of aromatic nitrogens is 1. The first-order chi connectivity index (χ1) is 14.2. The number of ether oxygens (including phenoxy) is 1. The minimum Gasteiger partial charge on any atom is -0.455 e. The standard InChI is InChI=1S/C22H18N2O4S/c25-20(23-22(19-11-6-12-29-19)15-7-2-1-3-8-15)14-27-21(26)13-17-16-9-4-5-10-18(16)28-24-17/h1-12,22H,13-14H2,(H,23,25)/t22-/m0/s1. The van der Waals surface area contributed by atoms with Crippen molar-refractivity contribution >= 4 is 34.2 Å². The van der Waals surface area contributed by atoms with Crippen LogP contribution >= 0.6 is 11.3 Å². The highest BCUT2D eigenvalue weighted by Crippen LogP contribution is 2.25. The monoisotopic (exact) mass is 406 g/mol. The van der Waals surface area contributed by atoms with Crippen molar-refractivity contribution in [3.05, 3.63) is 88.2 Å². The molecule has 0 radical (unpaired) electrons. The van der Waals surface area contributed by atoms with Gasteiger partial charge < -0.3 is 14.6 Å². The largest absolute Gasteiger partial charge is 0.455 e. The summed E-state index contributed by atoms with van der Waals surface area (Å²) in [5.74, 6) is -0.905. The molecule has 146 valence electrons. The summed E-state index contributed by atoms with van der Waals surface area (Å²) in [4.78, 5) is 25.6. The number of nitrogens with one attached hydrogen (secondary N) is 1. The minimum absolute atomic E-state index is 0.0582. The van der Waals surface area contributed by atoms with Crippen molar-refractivity contribution < 1.29 is 18.8 Å². The topological polar surface area (TPSA) is 81.4 Å². The van der Waals surface area contributed by atoms with E-state index in [1.165, 1.54) is 0 Å². The van der Waals surface area contributed by atoms with E-state index in [1.807, 2.05) is 66.0 Å². The van der Waals surface area contributed by atoms with Crippen molar-refractivity contribution in [2.45, 2.75) is 12.5 Å². The summed E-state index contributed by atoms with van der Waals surface area (Å²) < 4.78 is 10.3. The van der Waals surface area contributed by atoms with Gasteiger partial charge in [0.2, 0.25) is 0 Å². The molecule has 2 aromatic heterocycles. The molecule has 7 heteroatoms. The van der Waals surface area contributed by atoms with Crippen molar-refractivity contribution in [2.24, 2.45) is 0 Å². The molecule has 0 fully saturated rings. The van der Waals surface area contributed by atoms with Gasteiger partial charge in [0.1, 0.15) is 5.69 Å². The fourth-order valence-electron chi connectivity index (χ4n) is 3.02. The van der Waals surface area contributed by atoms with Gasteiger partial charge in [0.05, 0.1) is 12.5 Å². The van der Waals surface area contributed by atoms with Crippen LogP contribution in [0.15, 0.2) is 76.6 Å². The number of nitrogens with zero attached hydrogens (tertiary/aromatic N) is 1. The van der Waals surface area contributed by atoms with Gasteiger partial charge >= 0.3 is 5.97 Å². The molecule has 1 N–H and O–H groups in total. The van der Waals surface area contributed by atoms with Crippen LogP contribution in [-0.4, -0.2) is 23.6 Å². The Bertz CT molecular complexity index is 1110. The van der Waals surface area contributed by atoms with Crippen LogP contribution in [0.1, 0.15) is 22.2 Å². The van der Waals surface area contributed by atoms with E-state index in [2.05, 4.69) is 10.5 Å². The van der Waals surface area contributed by atoms with Gasteiger partial charge in [-0.3, -0.25) is 9.59 Å². The van der Waals surface area contributed by atoms with E-state index < -0.39 is 5.97 Å². The second kappa shape index (κ2) is 8.70. The third kappa shape index (κ3) is 4.52. The van der Waals surface area contributed by atoms with Crippen LogP contribution in [-0.2, 0) is 20.7 Å². The summed E-state index contributed by atoms with van der Waals surface area (Å²) in [5.41, 5.74) is 2.06. The number of hydrogen-bond acceptors (Lipinski definition) is 6. The van der Waals surface area contributed by atoms with Crippen LogP contribution in [0.5, 0.6) is 0 Å². The fourth-order valence-corrected chi connectivity index (χ4v) is 3.82. The van der Waals surface area contributed by atoms with Crippen molar-refractivity contribution in [2.75, 3.05) is 6.61 Å². The molecule has 0 saturated heterocycles. The van der Waals surface area contributed by atoms with Gasteiger partial charge in [-0.15, -0.1) is 11.3 Å². The van der Waals surface area contributed by atoms with Gasteiger partial charge in [-0.2, -0.15) is 0 Å². The molecule has 1 atom stereocenters. The summed E-state index contributed by atoms with van der Waals surface area (Å²) >= 11 is 1.55. The van der Waals surface area contributed by atoms with E-state index in [-0.39, 0.29) is 25.0 Å². The second-order valence-electron chi connectivity index (χ2n) is 6.39. The number of fused-ring (bicyclic) bond motifs is 1. The first kappa shape index (κ1) is 18.9. The summed E-state index contributed by atoms with van der Waals surface area (Å²) in [5, 5.41) is 9.57. The first-order valence-corrected chi connectivity index (χ1v) is 9.95. The fraction of sp³-hybridized carbons (Fsp3) is 0.136. The molecule has 1 amide bonds. The van der Waals surface area contributed by atoms with Crippen LogP contribution in [0.4, 0.5) is 0 Å². The summed E-state index contributed by atoms with van der Waals surface area (Å²) in [7, 11) is 0. The lowest BCUT2D eigenvalue weighted by molar-refractivity contribution is -0.148. The molecule has 4 rings (SSSR count). The number of esters is 1. The number of rotatable bonds is 7. The lowest BCUT2D eigenvalue weighted by Gasteiger charge is -2.18. The summed E-state index contributed by atoms with van der Waals surface area (Å²) in [6.45, 7) is -0.358. The molecule has 6 nitrogen and oxygen atoms in total. The Morgan fingerprint density at radius 3 is 2.62 bits per heavy atom. The van der Waals surface area contributed by atoms with E-state index in [9.17, 15) is 9.59 Å². The Kier molecular flexibility index (Phi) is 5.67. The molecule has 0 saturated carbocycles. The zero-order chi connectivity index (χ0) is 20.1. The van der Waals surface area contributed by atoms with Crippen LogP contribution in [0.2, 0.25) is 0 Å². The average molecular weight is 406 g/mol. The summed E-state index contributed by atoms with van der Waals surface area (Å²) in [6, 6.07) is 20.5. The molecule has 0 bridgehead atoms. The van der Waals surface area contributed by atoms with Crippen LogP contribution in [0.25, 0.3) is 11.0 Å². The van der Waals surface area contributed by atoms with Gasteiger partial charge in [-0.1, -0.05) is 53.7 Å². The van der Waals surface area contributed by atoms with Crippen molar-refractivity contribution in [3.63, 3.8) is 0 Å². The minimum atomic E-state index is -0.536. The van der Waals surface area contributed by atoms with Crippen molar-refractivity contribution in [1.82, 2.24) is 10.5 Å². The van der Waals surface area contributed by atoms with Crippen molar-refractivity contribution in [3.8, 4) is 0 Å². The van der Waals surface area contributed by atoms with Gasteiger partial charge in [-0.05, 0) is 29.1 Å². The van der Waals surface area contributed by atoms with Crippen molar-refractivity contribution in [1.29, 1.82) is 0 Å². The highest BCUT2D eigenvalue weighted by Gasteiger charge is 2.19. The predicted molar refractivity (Wildman–Crippen MR) is 109 cm³/mol. The SMILES string of the molecule is O=C(COC(=O)Cc1noc2ccccc12)N[C@@H](c1ccccc1)c1cccs1. The van der Waals surface area contributed by atoms with E-state index in [0.717, 1.165) is 15.8 Å². The lowest BCUT2D eigenvalue weighted by Crippen LogP contribution is -2.32. The second-order valence-corrected chi connectivity index (χ2v) is 7.37. The Morgan fingerprint density at radius 2 is 1.83 bits per heavy atom. The molecule has 4 aromatic rings. The molecular weight excluding hydrogens is 388 g/mol. The maximum Gasteiger partial charge on any atom is 0.312 e. The Balaban J connectivity index is 1.36. The Hall–Kier alpha value is -3.45. The smallest absolute Gasteiger partial charge is 0.312 e. The lowest BCUT2D eigenvalue weighted by atomic mass is 10.1. The quantitative estimate of drug-likeness (QED) is 0.471. The zero-order valence-electron chi connectivity index (χ0n) is 15.4. The van der Waals surface area contributed by atoms with E-state index in [1.54, 1.807) is 17.4 Å².